The molecule has 0 aliphatic heterocycles. The number of hydrogen-bond donors (Lipinski definition) is 0. The summed E-state index contributed by atoms with van der Waals surface area (Å²) in [5, 5.41) is 1.96. The Kier molecular flexibility index (Phi) is 2.84. The normalized spacial score (nSPS) is 11.3. The lowest BCUT2D eigenvalue weighted by Gasteiger charge is -2.01. The van der Waals surface area contributed by atoms with E-state index in [9.17, 15) is 0 Å². The Balaban J connectivity index is 1.91. The maximum Gasteiger partial charge on any atom is 0.155 e. The third-order valence-electron chi connectivity index (χ3n) is 3.26. The number of aromatic nitrogens is 2. The molecule has 0 spiro atoms. The van der Waals surface area contributed by atoms with Crippen molar-refractivity contribution in [3.8, 4) is 11.5 Å². The Labute approximate surface area is 130 Å². The largest absolute Gasteiger partial charge is 0.454 e. The number of fused-ring (bicyclic) bond motifs is 2. The van der Waals surface area contributed by atoms with E-state index >= 15 is 0 Å². The lowest BCUT2D eigenvalue weighted by atomic mass is 10.2. The van der Waals surface area contributed by atoms with Crippen molar-refractivity contribution in [1.82, 2.24) is 9.97 Å². The van der Waals surface area contributed by atoms with E-state index in [4.69, 9.17) is 27.6 Å². The molecule has 21 heavy (non-hydrogen) atoms. The second-order valence-corrected chi connectivity index (χ2v) is 5.47. The molecule has 0 saturated carbocycles. The standard InChI is InChI=1S/C16H8Cl2N2O/c17-10-6-12-13(7-11(10)18)20-14(8-19-12)16-5-9-3-1-2-4-15(9)21-16/h1-8H. The molecule has 0 saturated heterocycles. The van der Waals surface area contributed by atoms with Crippen LogP contribution in [0.2, 0.25) is 10.0 Å². The van der Waals surface area contributed by atoms with Gasteiger partial charge >= 0.3 is 0 Å². The third kappa shape index (κ3) is 2.15. The van der Waals surface area contributed by atoms with Crippen LogP contribution >= 0.6 is 23.2 Å². The average Bonchev–Trinajstić information content (AvgIpc) is 2.92. The molecule has 2 aromatic heterocycles. The van der Waals surface area contributed by atoms with Crippen molar-refractivity contribution in [2.75, 3.05) is 0 Å². The van der Waals surface area contributed by atoms with E-state index in [2.05, 4.69) is 9.97 Å². The van der Waals surface area contributed by atoms with Crippen LogP contribution in [0.3, 0.4) is 0 Å². The highest BCUT2D eigenvalue weighted by atomic mass is 35.5. The Morgan fingerprint density at radius 1 is 0.905 bits per heavy atom. The van der Waals surface area contributed by atoms with Gasteiger partial charge in [-0.2, -0.15) is 0 Å². The molecule has 2 heterocycles. The molecule has 4 rings (SSSR count). The summed E-state index contributed by atoms with van der Waals surface area (Å²) in [6.45, 7) is 0. The van der Waals surface area contributed by atoms with Gasteiger partial charge in [0.25, 0.3) is 0 Å². The van der Waals surface area contributed by atoms with E-state index in [0.717, 1.165) is 11.0 Å². The molecule has 0 aliphatic carbocycles. The van der Waals surface area contributed by atoms with E-state index in [-0.39, 0.29) is 0 Å². The number of nitrogens with zero attached hydrogens (tertiary/aromatic N) is 2. The van der Waals surface area contributed by atoms with Crippen LogP contribution in [-0.4, -0.2) is 9.97 Å². The number of rotatable bonds is 1. The van der Waals surface area contributed by atoms with Crippen LogP contribution in [0.1, 0.15) is 0 Å². The highest BCUT2D eigenvalue weighted by Crippen LogP contribution is 2.29. The van der Waals surface area contributed by atoms with Crippen LogP contribution in [0.5, 0.6) is 0 Å². The van der Waals surface area contributed by atoms with Gasteiger partial charge in [0.1, 0.15) is 11.3 Å². The summed E-state index contributed by atoms with van der Waals surface area (Å²) in [6, 6.07) is 13.2. The second-order valence-electron chi connectivity index (χ2n) is 4.66. The van der Waals surface area contributed by atoms with Gasteiger partial charge in [-0.25, -0.2) is 4.98 Å². The zero-order valence-corrected chi connectivity index (χ0v) is 12.2. The molecule has 2 aromatic carbocycles. The second kappa shape index (κ2) is 4.72. The number of para-hydroxylation sites is 1. The van der Waals surface area contributed by atoms with E-state index in [1.807, 2.05) is 30.3 Å². The minimum Gasteiger partial charge on any atom is -0.454 e. The zero-order valence-electron chi connectivity index (χ0n) is 10.7. The summed E-state index contributed by atoms with van der Waals surface area (Å²) < 4.78 is 5.80. The summed E-state index contributed by atoms with van der Waals surface area (Å²) in [5.74, 6) is 0.677. The fraction of sp³-hybridized carbons (Fsp3) is 0. The summed E-state index contributed by atoms with van der Waals surface area (Å²) >= 11 is 12.0. The van der Waals surface area contributed by atoms with Gasteiger partial charge in [0, 0.05) is 5.39 Å². The van der Waals surface area contributed by atoms with Crippen LogP contribution in [0.25, 0.3) is 33.5 Å². The van der Waals surface area contributed by atoms with E-state index < -0.39 is 0 Å². The first-order valence-corrected chi connectivity index (χ1v) is 7.07. The Morgan fingerprint density at radius 2 is 1.67 bits per heavy atom. The fourth-order valence-electron chi connectivity index (χ4n) is 2.23. The first kappa shape index (κ1) is 12.6. The molecule has 3 nitrogen and oxygen atoms in total. The third-order valence-corrected chi connectivity index (χ3v) is 3.98. The molecule has 0 unspecified atom stereocenters. The maximum absolute atomic E-state index is 6.03. The lowest BCUT2D eigenvalue weighted by molar-refractivity contribution is 0.628. The van der Waals surface area contributed by atoms with Gasteiger partial charge in [0.15, 0.2) is 5.76 Å². The molecule has 0 amide bonds. The summed E-state index contributed by atoms with van der Waals surface area (Å²) in [5.41, 5.74) is 2.87. The van der Waals surface area contributed by atoms with Gasteiger partial charge in [0.05, 0.1) is 27.3 Å². The summed E-state index contributed by atoms with van der Waals surface area (Å²) in [6.07, 6.45) is 1.67. The lowest BCUT2D eigenvalue weighted by Crippen LogP contribution is -1.88. The molecule has 0 radical (unpaired) electrons. The predicted molar refractivity (Wildman–Crippen MR) is 84.8 cm³/mol. The smallest absolute Gasteiger partial charge is 0.155 e. The molecule has 0 fully saturated rings. The quantitative estimate of drug-likeness (QED) is 0.475. The molecule has 5 heteroatoms. The van der Waals surface area contributed by atoms with Crippen molar-refractivity contribution in [2.24, 2.45) is 0 Å². The average molecular weight is 315 g/mol. The van der Waals surface area contributed by atoms with E-state index in [1.54, 1.807) is 18.3 Å². The van der Waals surface area contributed by atoms with Gasteiger partial charge in [-0.15, -0.1) is 0 Å². The SMILES string of the molecule is Clc1cc2ncc(-c3cc4ccccc4o3)nc2cc1Cl. The molecule has 0 atom stereocenters. The number of furan rings is 1. The van der Waals surface area contributed by atoms with Gasteiger partial charge in [-0.05, 0) is 24.3 Å². The molecular formula is C16H8Cl2N2O. The summed E-state index contributed by atoms with van der Waals surface area (Å²) in [7, 11) is 0. The molecular weight excluding hydrogens is 307 g/mol. The van der Waals surface area contributed by atoms with Crippen molar-refractivity contribution in [2.45, 2.75) is 0 Å². The first-order chi connectivity index (χ1) is 10.2. The van der Waals surface area contributed by atoms with Gasteiger partial charge in [0.2, 0.25) is 0 Å². The zero-order chi connectivity index (χ0) is 14.4. The van der Waals surface area contributed by atoms with Gasteiger partial charge < -0.3 is 4.42 Å². The maximum atomic E-state index is 6.03. The van der Waals surface area contributed by atoms with Crippen LogP contribution in [0.15, 0.2) is 53.1 Å². The van der Waals surface area contributed by atoms with Crippen LogP contribution < -0.4 is 0 Å². The highest BCUT2D eigenvalue weighted by molar-refractivity contribution is 6.42. The monoisotopic (exact) mass is 314 g/mol. The van der Waals surface area contributed by atoms with Crippen molar-refractivity contribution < 1.29 is 4.42 Å². The first-order valence-electron chi connectivity index (χ1n) is 6.31. The summed E-state index contributed by atoms with van der Waals surface area (Å²) in [4.78, 5) is 8.91. The molecule has 0 aliphatic rings. The van der Waals surface area contributed by atoms with Gasteiger partial charge in [-0.3, -0.25) is 4.98 Å². The van der Waals surface area contributed by atoms with Crippen molar-refractivity contribution in [1.29, 1.82) is 0 Å². The van der Waals surface area contributed by atoms with Crippen LogP contribution in [0.4, 0.5) is 0 Å². The van der Waals surface area contributed by atoms with Gasteiger partial charge in [-0.1, -0.05) is 41.4 Å². The van der Waals surface area contributed by atoms with Crippen molar-refractivity contribution in [3.63, 3.8) is 0 Å². The minimum absolute atomic E-state index is 0.459. The topological polar surface area (TPSA) is 38.9 Å². The Bertz CT molecular complexity index is 946. The van der Waals surface area contributed by atoms with Crippen LogP contribution in [0, 0.1) is 0 Å². The molecule has 102 valence electrons. The van der Waals surface area contributed by atoms with E-state index in [0.29, 0.717) is 32.5 Å². The molecule has 4 aromatic rings. The Morgan fingerprint density at radius 3 is 2.48 bits per heavy atom. The Hall–Kier alpha value is -2.10. The predicted octanol–water partition coefficient (Wildman–Crippen LogP) is 5.35. The van der Waals surface area contributed by atoms with Crippen molar-refractivity contribution in [3.05, 3.63) is 58.7 Å². The number of hydrogen-bond acceptors (Lipinski definition) is 3. The number of halogens is 2. The van der Waals surface area contributed by atoms with Crippen molar-refractivity contribution >= 4 is 45.2 Å². The van der Waals surface area contributed by atoms with Crippen LogP contribution in [-0.2, 0) is 0 Å². The number of benzene rings is 2. The molecule has 0 N–H and O–H groups in total. The van der Waals surface area contributed by atoms with E-state index in [1.165, 1.54) is 0 Å². The fourth-order valence-corrected chi connectivity index (χ4v) is 2.55. The minimum atomic E-state index is 0.459. The molecule has 0 bridgehead atoms. The highest BCUT2D eigenvalue weighted by Gasteiger charge is 2.10.